The molecule has 0 saturated heterocycles. The number of thiophene rings is 1. The summed E-state index contributed by atoms with van der Waals surface area (Å²) in [4.78, 5) is 11.2. The molecule has 2 aromatic heterocycles. The van der Waals surface area contributed by atoms with E-state index in [0.29, 0.717) is 0 Å². The zero-order valence-corrected chi connectivity index (χ0v) is 8.36. The standard InChI is InChI=1S/C8H7N5OS/c9-7(14)6(8-10-12-13-11-8)3-5-1-2-15-4-5/h1-4H,(H2,9,14)(H,10,11,12,13). The van der Waals surface area contributed by atoms with Crippen LogP contribution >= 0.6 is 11.3 Å². The third kappa shape index (κ3) is 2.08. The average molecular weight is 221 g/mol. The molecule has 0 radical (unpaired) electrons. The third-order valence-corrected chi connectivity index (χ3v) is 2.42. The lowest BCUT2D eigenvalue weighted by Gasteiger charge is -1.95. The summed E-state index contributed by atoms with van der Waals surface area (Å²) in [7, 11) is 0. The highest BCUT2D eigenvalue weighted by Crippen LogP contribution is 2.15. The summed E-state index contributed by atoms with van der Waals surface area (Å²) in [6.45, 7) is 0. The van der Waals surface area contributed by atoms with Gasteiger partial charge in [0.2, 0.25) is 0 Å². The van der Waals surface area contributed by atoms with E-state index in [1.165, 1.54) is 11.3 Å². The Morgan fingerprint density at radius 2 is 2.47 bits per heavy atom. The number of primary amides is 1. The Morgan fingerprint density at radius 3 is 3.00 bits per heavy atom. The van der Waals surface area contributed by atoms with Crippen LogP contribution in [-0.2, 0) is 4.79 Å². The molecule has 2 rings (SSSR count). The molecular formula is C8H7N5OS. The van der Waals surface area contributed by atoms with E-state index in [0.717, 1.165) is 5.56 Å². The molecule has 2 heterocycles. The molecule has 0 unspecified atom stereocenters. The molecular weight excluding hydrogens is 214 g/mol. The SMILES string of the molecule is NC(=O)C(=Cc1ccsc1)c1nnn[nH]1. The van der Waals surface area contributed by atoms with E-state index < -0.39 is 5.91 Å². The first-order chi connectivity index (χ1) is 7.27. The van der Waals surface area contributed by atoms with E-state index in [1.807, 2.05) is 16.8 Å². The van der Waals surface area contributed by atoms with Crippen LogP contribution in [0.4, 0.5) is 0 Å². The molecule has 0 aromatic carbocycles. The summed E-state index contributed by atoms with van der Waals surface area (Å²) in [6, 6.07) is 1.87. The van der Waals surface area contributed by atoms with Crippen molar-refractivity contribution in [3.05, 3.63) is 28.2 Å². The first-order valence-corrected chi connectivity index (χ1v) is 4.99. The topological polar surface area (TPSA) is 97.6 Å². The molecule has 0 saturated carbocycles. The molecule has 0 fully saturated rings. The second kappa shape index (κ2) is 4.01. The molecule has 0 aliphatic heterocycles. The normalized spacial score (nSPS) is 11.6. The molecule has 0 aliphatic carbocycles. The van der Waals surface area contributed by atoms with Crippen molar-refractivity contribution in [3.63, 3.8) is 0 Å². The molecule has 2 aromatic rings. The smallest absolute Gasteiger partial charge is 0.252 e. The summed E-state index contributed by atoms with van der Waals surface area (Å²) < 4.78 is 0. The van der Waals surface area contributed by atoms with Crippen LogP contribution in [0.1, 0.15) is 11.4 Å². The number of amides is 1. The molecule has 3 N–H and O–H groups in total. The highest BCUT2D eigenvalue weighted by atomic mass is 32.1. The van der Waals surface area contributed by atoms with Crippen molar-refractivity contribution in [2.24, 2.45) is 5.73 Å². The highest BCUT2D eigenvalue weighted by molar-refractivity contribution is 7.08. The molecule has 76 valence electrons. The van der Waals surface area contributed by atoms with Crippen LogP contribution in [-0.4, -0.2) is 26.5 Å². The number of H-pyrrole nitrogens is 1. The fourth-order valence-corrected chi connectivity index (χ4v) is 1.67. The average Bonchev–Trinajstić information content (AvgIpc) is 2.87. The van der Waals surface area contributed by atoms with E-state index in [-0.39, 0.29) is 11.4 Å². The zero-order chi connectivity index (χ0) is 10.7. The Hall–Kier alpha value is -2.02. The number of hydrogen-bond donors (Lipinski definition) is 2. The summed E-state index contributed by atoms with van der Waals surface area (Å²) in [5.41, 5.74) is 6.38. The molecule has 6 nitrogen and oxygen atoms in total. The maximum atomic E-state index is 11.2. The Labute approximate surface area is 88.8 Å². The van der Waals surface area contributed by atoms with Gasteiger partial charge in [0.15, 0.2) is 5.82 Å². The van der Waals surface area contributed by atoms with Gasteiger partial charge in [-0.25, -0.2) is 5.10 Å². The third-order valence-electron chi connectivity index (χ3n) is 1.72. The summed E-state index contributed by atoms with van der Waals surface area (Å²) >= 11 is 1.53. The van der Waals surface area contributed by atoms with Crippen LogP contribution in [0, 0.1) is 0 Å². The van der Waals surface area contributed by atoms with Crippen molar-refractivity contribution in [1.82, 2.24) is 20.6 Å². The van der Waals surface area contributed by atoms with Gasteiger partial charge in [-0.2, -0.15) is 11.3 Å². The Morgan fingerprint density at radius 1 is 1.60 bits per heavy atom. The predicted octanol–water partition coefficient (Wildman–Crippen LogP) is 0.287. The van der Waals surface area contributed by atoms with Crippen molar-refractivity contribution in [3.8, 4) is 0 Å². The first kappa shape index (κ1) is 9.53. The van der Waals surface area contributed by atoms with Crippen molar-refractivity contribution in [2.75, 3.05) is 0 Å². The van der Waals surface area contributed by atoms with Gasteiger partial charge in [0.05, 0.1) is 5.57 Å². The number of aromatic nitrogens is 4. The largest absolute Gasteiger partial charge is 0.365 e. The molecule has 0 spiro atoms. The lowest BCUT2D eigenvalue weighted by atomic mass is 10.1. The molecule has 7 heteroatoms. The minimum absolute atomic E-state index is 0.262. The maximum Gasteiger partial charge on any atom is 0.252 e. The number of nitrogens with one attached hydrogen (secondary N) is 1. The van der Waals surface area contributed by atoms with Gasteiger partial charge < -0.3 is 5.73 Å². The molecule has 0 aliphatic rings. The highest BCUT2D eigenvalue weighted by Gasteiger charge is 2.11. The van der Waals surface area contributed by atoms with Crippen LogP contribution in [0.15, 0.2) is 16.8 Å². The van der Waals surface area contributed by atoms with Gasteiger partial charge >= 0.3 is 0 Å². The van der Waals surface area contributed by atoms with Crippen LogP contribution in [0.3, 0.4) is 0 Å². The summed E-state index contributed by atoms with van der Waals surface area (Å²) in [6.07, 6.45) is 1.64. The lowest BCUT2D eigenvalue weighted by Crippen LogP contribution is -2.13. The van der Waals surface area contributed by atoms with E-state index in [9.17, 15) is 4.79 Å². The number of nitrogens with two attached hydrogens (primary N) is 1. The number of hydrogen-bond acceptors (Lipinski definition) is 5. The number of carbonyl (C=O) groups excluding carboxylic acids is 1. The van der Waals surface area contributed by atoms with Gasteiger partial charge in [-0.15, -0.1) is 5.10 Å². The Balaban J connectivity index is 2.41. The van der Waals surface area contributed by atoms with Crippen molar-refractivity contribution < 1.29 is 4.79 Å². The van der Waals surface area contributed by atoms with Crippen LogP contribution in [0.25, 0.3) is 11.6 Å². The van der Waals surface area contributed by atoms with E-state index in [4.69, 9.17) is 5.73 Å². The zero-order valence-electron chi connectivity index (χ0n) is 7.54. The van der Waals surface area contributed by atoms with Crippen LogP contribution < -0.4 is 5.73 Å². The number of nitrogens with zero attached hydrogens (tertiary/aromatic N) is 3. The second-order valence-corrected chi connectivity index (χ2v) is 3.51. The minimum Gasteiger partial charge on any atom is -0.365 e. The van der Waals surface area contributed by atoms with Gasteiger partial charge in [-0.1, -0.05) is 0 Å². The van der Waals surface area contributed by atoms with Gasteiger partial charge in [-0.05, 0) is 38.9 Å². The molecule has 15 heavy (non-hydrogen) atoms. The van der Waals surface area contributed by atoms with Crippen LogP contribution in [0.2, 0.25) is 0 Å². The number of aromatic amines is 1. The van der Waals surface area contributed by atoms with E-state index >= 15 is 0 Å². The lowest BCUT2D eigenvalue weighted by molar-refractivity contribution is -0.112. The van der Waals surface area contributed by atoms with Gasteiger partial charge in [-0.3, -0.25) is 4.79 Å². The minimum atomic E-state index is -0.570. The fourth-order valence-electron chi connectivity index (χ4n) is 1.05. The monoisotopic (exact) mass is 221 g/mol. The van der Waals surface area contributed by atoms with Gasteiger partial charge in [0.25, 0.3) is 5.91 Å². The quantitative estimate of drug-likeness (QED) is 0.728. The summed E-state index contributed by atoms with van der Waals surface area (Å²) in [5, 5.41) is 16.7. The molecule has 0 bridgehead atoms. The number of carbonyl (C=O) groups is 1. The molecule has 1 amide bonds. The van der Waals surface area contributed by atoms with E-state index in [2.05, 4.69) is 20.6 Å². The van der Waals surface area contributed by atoms with E-state index in [1.54, 1.807) is 6.08 Å². The van der Waals surface area contributed by atoms with Gasteiger partial charge in [0, 0.05) is 0 Å². The number of rotatable bonds is 3. The molecule has 0 atom stereocenters. The second-order valence-electron chi connectivity index (χ2n) is 2.73. The maximum absolute atomic E-state index is 11.2. The summed E-state index contributed by atoms with van der Waals surface area (Å²) in [5.74, 6) is -0.298. The number of tetrazole rings is 1. The van der Waals surface area contributed by atoms with Crippen LogP contribution in [0.5, 0.6) is 0 Å². The van der Waals surface area contributed by atoms with Crippen molar-refractivity contribution >= 4 is 28.9 Å². The fraction of sp³-hybridized carbons (Fsp3) is 0. The first-order valence-electron chi connectivity index (χ1n) is 4.05. The Kier molecular flexibility index (Phi) is 2.55. The van der Waals surface area contributed by atoms with Crippen molar-refractivity contribution in [2.45, 2.75) is 0 Å². The Bertz CT molecular complexity index is 473. The van der Waals surface area contributed by atoms with Crippen molar-refractivity contribution in [1.29, 1.82) is 0 Å². The predicted molar refractivity (Wildman–Crippen MR) is 55.6 cm³/mol. The van der Waals surface area contributed by atoms with Gasteiger partial charge in [0.1, 0.15) is 0 Å².